The van der Waals surface area contributed by atoms with Crippen molar-refractivity contribution in [2.24, 2.45) is 5.92 Å². The molecule has 1 unspecified atom stereocenters. The van der Waals surface area contributed by atoms with Crippen LogP contribution in [0.1, 0.15) is 62.5 Å². The van der Waals surface area contributed by atoms with E-state index in [2.05, 4.69) is 25.7 Å². The zero-order valence-corrected chi connectivity index (χ0v) is 27.3. The molecule has 3 aromatic rings. The standard InChI is InChI=1S/C32H39F4N7O6/c1-31(2,3)49-30(47)42-11-7-21(8-12-42)16-27(44)38-24-10-14-41(28(45)17-24)13-9-23(33)19-43-20-26(39-40-43)29(46)37-18-22-5-4-6-25(15-22)48-32(34,35)36/h4-6,10,14-15,17,20-21,23H,7-9,11-13,16,18-19H2,1-3H3,(H,37,46)(H,38,44). The van der Waals surface area contributed by atoms with E-state index in [-0.39, 0.29) is 56.1 Å². The Morgan fingerprint density at radius 1 is 1.08 bits per heavy atom. The van der Waals surface area contributed by atoms with E-state index < -0.39 is 35.4 Å². The molecule has 13 nitrogen and oxygen atoms in total. The molecule has 0 spiro atoms. The number of piperidine rings is 1. The number of rotatable bonds is 12. The maximum absolute atomic E-state index is 14.8. The molecular formula is C32H39F4N7O6. The molecule has 1 fully saturated rings. The monoisotopic (exact) mass is 693 g/mol. The summed E-state index contributed by atoms with van der Waals surface area (Å²) in [6.07, 6.45) is -2.45. The number of pyridine rings is 1. The Morgan fingerprint density at radius 3 is 2.49 bits per heavy atom. The van der Waals surface area contributed by atoms with E-state index in [1.165, 1.54) is 35.2 Å². The Morgan fingerprint density at radius 2 is 1.82 bits per heavy atom. The van der Waals surface area contributed by atoms with Gasteiger partial charge >= 0.3 is 12.5 Å². The van der Waals surface area contributed by atoms with Gasteiger partial charge in [0.2, 0.25) is 5.91 Å². The molecule has 0 radical (unpaired) electrons. The first-order valence-corrected chi connectivity index (χ1v) is 15.7. The van der Waals surface area contributed by atoms with Crippen LogP contribution < -0.4 is 20.9 Å². The van der Waals surface area contributed by atoms with Crippen LogP contribution in [-0.2, 0) is 29.2 Å². The number of nitrogens with one attached hydrogen (secondary N) is 2. The number of alkyl halides is 4. The van der Waals surface area contributed by atoms with Gasteiger partial charge in [-0.3, -0.25) is 14.4 Å². The molecule has 1 aromatic carbocycles. The number of benzene rings is 1. The van der Waals surface area contributed by atoms with Crippen molar-refractivity contribution in [1.82, 2.24) is 29.8 Å². The third kappa shape index (κ3) is 12.2. The average molecular weight is 694 g/mol. The van der Waals surface area contributed by atoms with Crippen LogP contribution in [0.25, 0.3) is 0 Å². The average Bonchev–Trinajstić information content (AvgIpc) is 3.47. The van der Waals surface area contributed by atoms with E-state index in [1.54, 1.807) is 31.7 Å². The van der Waals surface area contributed by atoms with E-state index >= 15 is 0 Å². The lowest BCUT2D eigenvalue weighted by molar-refractivity contribution is -0.274. The largest absolute Gasteiger partial charge is 0.573 e. The third-order valence-corrected chi connectivity index (χ3v) is 7.44. The number of hydrogen-bond acceptors (Lipinski definition) is 8. The Hall–Kier alpha value is -4.96. The zero-order valence-electron chi connectivity index (χ0n) is 27.3. The summed E-state index contributed by atoms with van der Waals surface area (Å²) in [5.41, 5.74) is -0.443. The summed E-state index contributed by atoms with van der Waals surface area (Å²) in [5, 5.41) is 12.7. The van der Waals surface area contributed by atoms with Crippen LogP contribution >= 0.6 is 0 Å². The van der Waals surface area contributed by atoms with Crippen molar-refractivity contribution in [3.05, 3.63) is 70.4 Å². The summed E-state index contributed by atoms with van der Waals surface area (Å²) in [6.45, 7) is 6.11. The zero-order chi connectivity index (χ0) is 35.8. The highest BCUT2D eigenvalue weighted by Gasteiger charge is 2.31. The Bertz CT molecular complexity index is 1660. The van der Waals surface area contributed by atoms with Crippen LogP contribution in [0.5, 0.6) is 5.75 Å². The van der Waals surface area contributed by atoms with Crippen LogP contribution in [0.4, 0.5) is 28.0 Å². The van der Waals surface area contributed by atoms with Gasteiger partial charge in [-0.05, 0) is 69.7 Å². The molecule has 49 heavy (non-hydrogen) atoms. The van der Waals surface area contributed by atoms with Crippen molar-refractivity contribution in [3.8, 4) is 5.75 Å². The first-order chi connectivity index (χ1) is 23.0. The van der Waals surface area contributed by atoms with Gasteiger partial charge in [0.1, 0.15) is 17.5 Å². The molecule has 3 heterocycles. The number of ether oxygens (including phenoxy) is 2. The van der Waals surface area contributed by atoms with Crippen LogP contribution in [-0.4, -0.2) is 73.6 Å². The maximum Gasteiger partial charge on any atom is 0.573 e. The quantitative estimate of drug-likeness (QED) is 0.260. The van der Waals surface area contributed by atoms with E-state index in [0.717, 1.165) is 16.8 Å². The lowest BCUT2D eigenvalue weighted by Gasteiger charge is -2.33. The molecule has 2 aromatic heterocycles. The van der Waals surface area contributed by atoms with Gasteiger partial charge < -0.3 is 29.6 Å². The first-order valence-electron chi connectivity index (χ1n) is 15.7. The minimum absolute atomic E-state index is 0.0452. The van der Waals surface area contributed by atoms with Crippen LogP contribution in [0.3, 0.4) is 0 Å². The number of aryl methyl sites for hydroxylation is 1. The Kier molecular flexibility index (Phi) is 12.0. The van der Waals surface area contributed by atoms with Gasteiger partial charge in [0.05, 0.1) is 12.7 Å². The Balaban J connectivity index is 1.18. The van der Waals surface area contributed by atoms with Gasteiger partial charge in [-0.1, -0.05) is 17.3 Å². The molecule has 4 rings (SSSR count). The van der Waals surface area contributed by atoms with Gasteiger partial charge in [-0.25, -0.2) is 13.9 Å². The third-order valence-electron chi connectivity index (χ3n) is 7.44. The number of anilines is 1. The number of aromatic nitrogens is 4. The van der Waals surface area contributed by atoms with Crippen LogP contribution in [0.2, 0.25) is 0 Å². The van der Waals surface area contributed by atoms with Crippen molar-refractivity contribution in [1.29, 1.82) is 0 Å². The van der Waals surface area contributed by atoms with E-state index in [4.69, 9.17) is 4.74 Å². The lowest BCUT2D eigenvalue weighted by Crippen LogP contribution is -2.42. The highest BCUT2D eigenvalue weighted by atomic mass is 19.4. The molecule has 2 N–H and O–H groups in total. The number of likely N-dealkylation sites (tertiary alicyclic amines) is 1. The van der Waals surface area contributed by atoms with Gasteiger partial charge in [0, 0.05) is 50.6 Å². The molecule has 1 aliphatic heterocycles. The topological polar surface area (TPSA) is 150 Å². The predicted molar refractivity (Wildman–Crippen MR) is 168 cm³/mol. The summed E-state index contributed by atoms with van der Waals surface area (Å²) in [4.78, 5) is 51.6. The smallest absolute Gasteiger partial charge is 0.444 e. The fourth-order valence-electron chi connectivity index (χ4n) is 5.08. The van der Waals surface area contributed by atoms with Gasteiger partial charge in [-0.2, -0.15) is 0 Å². The molecule has 0 saturated carbocycles. The fourth-order valence-corrected chi connectivity index (χ4v) is 5.08. The van der Waals surface area contributed by atoms with E-state index in [9.17, 15) is 36.7 Å². The van der Waals surface area contributed by atoms with Gasteiger partial charge in [-0.15, -0.1) is 18.3 Å². The maximum atomic E-state index is 14.8. The lowest BCUT2D eigenvalue weighted by atomic mass is 9.93. The highest BCUT2D eigenvalue weighted by molar-refractivity contribution is 5.92. The summed E-state index contributed by atoms with van der Waals surface area (Å²) in [7, 11) is 0. The van der Waals surface area contributed by atoms with Crippen molar-refractivity contribution in [2.45, 2.75) is 84.2 Å². The summed E-state index contributed by atoms with van der Waals surface area (Å²) in [6, 6.07) is 7.94. The molecule has 1 saturated heterocycles. The molecular weight excluding hydrogens is 654 g/mol. The van der Waals surface area contributed by atoms with Gasteiger partial charge in [0.15, 0.2) is 5.69 Å². The van der Waals surface area contributed by atoms with E-state index in [0.29, 0.717) is 37.2 Å². The SMILES string of the molecule is CC(C)(C)OC(=O)N1CCC(CC(=O)Nc2ccn(CCC(F)Cn3cc(C(=O)NCc4cccc(OC(F)(F)F)c4)nn3)c(=O)c2)CC1. The molecule has 3 amide bonds. The van der Waals surface area contributed by atoms with Crippen LogP contribution in [0.15, 0.2) is 53.6 Å². The number of nitrogens with zero attached hydrogens (tertiary/aromatic N) is 5. The summed E-state index contributed by atoms with van der Waals surface area (Å²) < 4.78 is 63.8. The Labute approximate surface area is 279 Å². The first kappa shape index (κ1) is 36.9. The van der Waals surface area contributed by atoms with Gasteiger partial charge in [0.25, 0.3) is 11.5 Å². The molecule has 266 valence electrons. The summed E-state index contributed by atoms with van der Waals surface area (Å²) >= 11 is 0. The van der Waals surface area contributed by atoms with Crippen molar-refractivity contribution in [3.63, 3.8) is 0 Å². The second-order valence-corrected chi connectivity index (χ2v) is 12.7. The predicted octanol–water partition coefficient (Wildman–Crippen LogP) is 4.67. The molecule has 1 atom stereocenters. The minimum atomic E-state index is -4.85. The number of halogens is 4. The fraction of sp³-hybridized carbons (Fsp3) is 0.500. The highest BCUT2D eigenvalue weighted by Crippen LogP contribution is 2.24. The number of carbonyl (C=O) groups excluding carboxylic acids is 3. The normalized spacial score (nSPS) is 14.6. The molecule has 17 heteroatoms. The molecule has 0 bridgehead atoms. The van der Waals surface area contributed by atoms with E-state index in [1.807, 2.05) is 0 Å². The number of carbonyl (C=O) groups is 3. The number of hydrogen-bond donors (Lipinski definition) is 2. The van der Waals surface area contributed by atoms with Crippen LogP contribution in [0, 0.1) is 5.92 Å². The molecule has 0 aliphatic carbocycles. The number of amides is 3. The second kappa shape index (κ2) is 16.0. The van der Waals surface area contributed by atoms with Crippen molar-refractivity contribution >= 4 is 23.6 Å². The summed E-state index contributed by atoms with van der Waals surface area (Å²) in [5.74, 6) is -1.25. The van der Waals surface area contributed by atoms with Crippen molar-refractivity contribution < 1.29 is 41.4 Å². The second-order valence-electron chi connectivity index (χ2n) is 12.7. The molecule has 1 aliphatic rings. The minimum Gasteiger partial charge on any atom is -0.444 e. The van der Waals surface area contributed by atoms with Crippen molar-refractivity contribution in [2.75, 3.05) is 18.4 Å².